The fraction of sp³-hybridized carbons (Fsp3) is 1.00. The minimum absolute atomic E-state index is 0. The summed E-state index contributed by atoms with van der Waals surface area (Å²) in [5.74, 6) is 0. The van der Waals surface area contributed by atoms with E-state index >= 15 is 0 Å². The Balaban J connectivity index is -0.000000140. The van der Waals surface area contributed by atoms with Gasteiger partial charge in [0.1, 0.15) is 4.31 Å². The molecule has 0 aromatic rings. The average molecular weight is 294 g/mol. The molecular formula is C2H6O6P2Pd+2. The minimum atomic E-state index is -3.24. The standard InChI is InChI=1S/C2H6O.O5P2.Pd/c1-2-3;1-6(2)5-7(3)4;/h3H,2H2,1H3;;/q;;+2. The fourth-order valence-corrected chi connectivity index (χ4v) is 0.490. The molecule has 1 N–H and O–H groups in total. The summed E-state index contributed by atoms with van der Waals surface area (Å²) < 4.78 is 21.6. The molecular weight excluding hydrogens is 288 g/mol. The maximum Gasteiger partial charge on any atom is 2.00 e. The van der Waals surface area contributed by atoms with Gasteiger partial charge in [0.05, 0.1) is 0 Å². The molecule has 0 aliphatic carbocycles. The molecule has 0 saturated heterocycles. The van der Waals surface area contributed by atoms with Crippen molar-refractivity contribution < 1.29 is 48.8 Å². The summed E-state index contributed by atoms with van der Waals surface area (Å²) in [6, 6.07) is 0. The van der Waals surface area contributed by atoms with Crippen molar-refractivity contribution in [3.05, 3.63) is 0 Å². The van der Waals surface area contributed by atoms with Crippen molar-refractivity contribution in [3.8, 4) is 0 Å². The van der Waals surface area contributed by atoms with Crippen molar-refractivity contribution in [2.45, 2.75) is 6.92 Å². The summed E-state index contributed by atoms with van der Waals surface area (Å²) in [4.78, 5) is 18.5. The van der Waals surface area contributed by atoms with E-state index in [2.05, 4.69) is 4.31 Å². The first-order chi connectivity index (χ1) is 4.54. The molecule has 0 aliphatic rings. The second-order valence-electron chi connectivity index (χ2n) is 0.845. The summed E-state index contributed by atoms with van der Waals surface area (Å²) in [6.45, 7) is 1.93. The normalized spacial score (nSPS) is 10.2. The molecule has 9 heteroatoms. The molecule has 0 aliphatic heterocycles. The Morgan fingerprint density at radius 2 is 1.55 bits per heavy atom. The summed E-state index contributed by atoms with van der Waals surface area (Å²) in [5, 5.41) is 7.57. The van der Waals surface area contributed by atoms with Gasteiger partial charge in [0.2, 0.25) is 0 Å². The Morgan fingerprint density at radius 3 is 1.55 bits per heavy atom. The van der Waals surface area contributed by atoms with E-state index in [1.165, 1.54) is 0 Å². The Kier molecular flexibility index (Phi) is 21.4. The molecule has 0 radical (unpaired) electrons. The second-order valence-corrected chi connectivity index (χ2v) is 2.39. The number of aliphatic hydroxyl groups is 1. The zero-order chi connectivity index (χ0) is 8.57. The quantitative estimate of drug-likeness (QED) is 0.518. The van der Waals surface area contributed by atoms with E-state index in [-0.39, 0.29) is 27.0 Å². The van der Waals surface area contributed by atoms with Crippen LogP contribution in [0, 0.1) is 0 Å². The molecule has 11 heavy (non-hydrogen) atoms. The third-order valence-corrected chi connectivity index (χ3v) is 1.20. The van der Waals surface area contributed by atoms with Crippen molar-refractivity contribution in [2.24, 2.45) is 0 Å². The van der Waals surface area contributed by atoms with Crippen LogP contribution in [0.15, 0.2) is 0 Å². The van der Waals surface area contributed by atoms with Gasteiger partial charge in [-0.3, -0.25) is 0 Å². The molecule has 0 heterocycles. The van der Waals surface area contributed by atoms with Crippen LogP contribution in [0.25, 0.3) is 0 Å². The number of rotatable bonds is 2. The maximum atomic E-state index is 9.24. The van der Waals surface area contributed by atoms with Gasteiger partial charge < -0.3 is 14.9 Å². The Bertz CT molecular complexity index is 105. The zero-order valence-corrected chi connectivity index (χ0v) is 8.75. The molecule has 6 nitrogen and oxygen atoms in total. The van der Waals surface area contributed by atoms with Gasteiger partial charge in [-0.05, 0) is 16.1 Å². The van der Waals surface area contributed by atoms with Gasteiger partial charge in [0, 0.05) is 6.61 Å². The molecule has 0 aromatic heterocycles. The fourth-order valence-electron chi connectivity index (χ4n) is 0.0544. The molecule has 0 spiro atoms. The van der Waals surface area contributed by atoms with Gasteiger partial charge in [0.15, 0.2) is 0 Å². The van der Waals surface area contributed by atoms with Crippen molar-refractivity contribution in [1.29, 1.82) is 0 Å². The van der Waals surface area contributed by atoms with Crippen LogP contribution < -0.4 is 9.79 Å². The van der Waals surface area contributed by atoms with Gasteiger partial charge in [-0.1, -0.05) is 0 Å². The molecule has 0 saturated carbocycles. The zero-order valence-electron chi connectivity index (χ0n) is 5.41. The Labute approximate surface area is 79.1 Å². The molecule has 0 bridgehead atoms. The summed E-state index contributed by atoms with van der Waals surface area (Å²) >= 11 is 0. The van der Waals surface area contributed by atoms with Crippen LogP contribution >= 0.6 is 16.5 Å². The predicted octanol–water partition coefficient (Wildman–Crippen LogP) is -0.966. The third-order valence-electron chi connectivity index (χ3n) is 0.133. The van der Waals surface area contributed by atoms with Gasteiger partial charge in [-0.2, -0.15) is 0 Å². The minimum Gasteiger partial charge on any atom is -0.563 e. The molecule has 2 unspecified atom stereocenters. The molecule has 2 atom stereocenters. The topological polar surface area (TPSA) is 110 Å². The molecule has 0 amide bonds. The van der Waals surface area contributed by atoms with Crippen LogP contribution in [0.2, 0.25) is 0 Å². The average Bonchev–Trinajstić information content (AvgIpc) is 1.62. The summed E-state index contributed by atoms with van der Waals surface area (Å²) in [6.07, 6.45) is 0. The van der Waals surface area contributed by atoms with E-state index in [0.717, 1.165) is 0 Å². The number of aliphatic hydroxyl groups excluding tert-OH is 1. The predicted molar refractivity (Wildman–Crippen MR) is 29.1 cm³/mol. The van der Waals surface area contributed by atoms with Crippen LogP contribution in [-0.4, -0.2) is 11.7 Å². The maximum absolute atomic E-state index is 9.24. The van der Waals surface area contributed by atoms with Gasteiger partial charge >= 0.3 is 36.9 Å². The van der Waals surface area contributed by atoms with Crippen LogP contribution in [0.4, 0.5) is 0 Å². The number of hydrogen-bond donors (Lipinski definition) is 1. The van der Waals surface area contributed by atoms with E-state index in [4.69, 9.17) is 5.11 Å². The van der Waals surface area contributed by atoms with Crippen molar-refractivity contribution in [2.75, 3.05) is 6.61 Å². The van der Waals surface area contributed by atoms with Crippen LogP contribution in [-0.2, 0) is 33.9 Å². The molecule has 0 fully saturated rings. The van der Waals surface area contributed by atoms with Crippen molar-refractivity contribution in [1.82, 2.24) is 0 Å². The molecule has 0 aromatic carbocycles. The Morgan fingerprint density at radius 1 is 1.36 bits per heavy atom. The van der Waals surface area contributed by atoms with E-state index in [1.807, 2.05) is 0 Å². The summed E-state index contributed by atoms with van der Waals surface area (Å²) in [7, 11) is -6.47. The van der Waals surface area contributed by atoms with Crippen LogP contribution in [0.1, 0.15) is 6.92 Å². The number of hydrogen-bond acceptors (Lipinski definition) is 6. The largest absolute Gasteiger partial charge is 2.00 e. The van der Waals surface area contributed by atoms with E-state index in [0.29, 0.717) is 0 Å². The van der Waals surface area contributed by atoms with E-state index < -0.39 is 16.5 Å². The van der Waals surface area contributed by atoms with E-state index in [9.17, 15) is 18.9 Å². The smallest absolute Gasteiger partial charge is 0.563 e. The van der Waals surface area contributed by atoms with E-state index in [1.54, 1.807) is 6.92 Å². The monoisotopic (exact) mass is 294 g/mol. The van der Waals surface area contributed by atoms with Crippen molar-refractivity contribution >= 4 is 16.5 Å². The first kappa shape index (κ1) is 17.7. The first-order valence-corrected chi connectivity index (χ1v) is 4.31. The summed E-state index contributed by atoms with van der Waals surface area (Å²) in [5.41, 5.74) is 0. The molecule has 0 rings (SSSR count). The van der Waals surface area contributed by atoms with Crippen molar-refractivity contribution in [3.63, 3.8) is 0 Å². The third kappa shape index (κ3) is 36.7. The molecule has 68 valence electrons. The van der Waals surface area contributed by atoms with Gasteiger partial charge in [-0.25, -0.2) is 0 Å². The van der Waals surface area contributed by atoms with Crippen LogP contribution in [0.3, 0.4) is 0 Å². The second kappa shape index (κ2) is 13.3. The van der Waals surface area contributed by atoms with Gasteiger partial charge in [-0.15, -0.1) is 0 Å². The Hall–Kier alpha value is 0.702. The van der Waals surface area contributed by atoms with Gasteiger partial charge in [0.25, 0.3) is 0 Å². The van der Waals surface area contributed by atoms with Crippen LogP contribution in [0.5, 0.6) is 0 Å². The first-order valence-electron chi connectivity index (χ1n) is 2.12. The SMILES string of the molecule is CCO.O=[P+]([O-])O[P+](=O)[O-].[Pd+2].